The van der Waals surface area contributed by atoms with E-state index in [0.717, 1.165) is 5.56 Å². The number of anilines is 1. The van der Waals surface area contributed by atoms with Crippen LogP contribution in [0, 0.1) is 0 Å². The number of carbonyl (C=O) groups excluding carboxylic acids is 3. The molecule has 0 fully saturated rings. The second kappa shape index (κ2) is 12.3. The monoisotopic (exact) mass is 531 g/mol. The molecule has 0 spiro atoms. The summed E-state index contributed by atoms with van der Waals surface area (Å²) in [6.07, 6.45) is 1.21. The van der Waals surface area contributed by atoms with E-state index < -0.39 is 24.0 Å². The fourth-order valence-corrected chi connectivity index (χ4v) is 4.77. The van der Waals surface area contributed by atoms with E-state index >= 15 is 0 Å². The molecule has 38 heavy (non-hydrogen) atoms. The normalized spacial score (nSPS) is 16.3. The zero-order chi connectivity index (χ0) is 27.1. The molecule has 2 atom stereocenters. The van der Waals surface area contributed by atoms with Gasteiger partial charge in [-0.2, -0.15) is 0 Å². The summed E-state index contributed by atoms with van der Waals surface area (Å²) in [5.74, 6) is -0.870. The number of rotatable bonds is 10. The highest BCUT2D eigenvalue weighted by molar-refractivity contribution is 7.11. The van der Waals surface area contributed by atoms with Crippen molar-refractivity contribution in [3.63, 3.8) is 0 Å². The van der Waals surface area contributed by atoms with Crippen molar-refractivity contribution in [2.75, 3.05) is 18.0 Å². The van der Waals surface area contributed by atoms with Gasteiger partial charge in [-0.05, 0) is 25.8 Å². The highest BCUT2D eigenvalue weighted by atomic mass is 32.1. The number of hydrogen-bond acceptors (Lipinski definition) is 8. The number of nitrogens with zero attached hydrogens (tertiary/aromatic N) is 4. The van der Waals surface area contributed by atoms with Crippen molar-refractivity contribution < 1.29 is 14.4 Å². The number of amides is 2. The van der Waals surface area contributed by atoms with Gasteiger partial charge in [0.2, 0.25) is 11.7 Å². The molecule has 3 aromatic rings. The predicted octanol–water partition coefficient (Wildman–Crippen LogP) is 2.14. The van der Waals surface area contributed by atoms with Gasteiger partial charge >= 0.3 is 0 Å². The first-order valence-electron chi connectivity index (χ1n) is 12.1. The Morgan fingerprint density at radius 2 is 1.89 bits per heavy atom. The fourth-order valence-electron chi connectivity index (χ4n) is 4.14. The molecule has 5 N–H and O–H groups in total. The van der Waals surface area contributed by atoms with Crippen molar-refractivity contribution in [1.82, 2.24) is 10.3 Å². The van der Waals surface area contributed by atoms with Crippen molar-refractivity contribution in [1.29, 1.82) is 0 Å². The van der Waals surface area contributed by atoms with Crippen LogP contribution in [0.25, 0.3) is 0 Å². The van der Waals surface area contributed by atoms with E-state index in [2.05, 4.69) is 20.3 Å². The molecule has 0 saturated carbocycles. The van der Waals surface area contributed by atoms with Crippen LogP contribution in [-0.2, 0) is 9.59 Å². The Labute approximate surface area is 224 Å². The van der Waals surface area contributed by atoms with E-state index in [9.17, 15) is 14.4 Å². The standard InChI is InChI=1S/C27H29N7O3S/c1-17(28)30-13-7-11-20(24(36)26-31-14-15-38-26)32-22(35)16-34-21-12-6-5-10-19(21)23(33-25(29)27(34)37)18-8-3-2-4-9-18/h2-6,8-10,12,14-15,20,25H,7,11,13,16,29H2,1H3,(H2,28,30)(H,32,35)/t20-,25?/m0/s1. The Hall–Kier alpha value is -4.22. The quantitative estimate of drug-likeness (QED) is 0.157. The number of aromatic nitrogens is 1. The largest absolute Gasteiger partial charge is 0.388 e. The average molecular weight is 532 g/mol. The Balaban J connectivity index is 1.57. The van der Waals surface area contributed by atoms with Crippen molar-refractivity contribution in [2.45, 2.75) is 32.0 Å². The van der Waals surface area contributed by atoms with E-state index in [0.29, 0.717) is 47.2 Å². The molecule has 196 valence electrons. The minimum Gasteiger partial charge on any atom is -0.388 e. The lowest BCUT2D eigenvalue weighted by atomic mass is 10.0. The molecule has 0 aliphatic carbocycles. The van der Waals surface area contributed by atoms with Gasteiger partial charge in [-0.3, -0.25) is 29.3 Å². The van der Waals surface area contributed by atoms with Gasteiger partial charge in [-0.25, -0.2) is 4.98 Å². The third-order valence-electron chi connectivity index (χ3n) is 5.89. The number of amidine groups is 1. The molecule has 2 heterocycles. The summed E-state index contributed by atoms with van der Waals surface area (Å²) in [4.78, 5) is 53.7. The molecule has 2 aromatic carbocycles. The summed E-state index contributed by atoms with van der Waals surface area (Å²) in [6.45, 7) is 1.78. The van der Waals surface area contributed by atoms with Crippen molar-refractivity contribution in [3.8, 4) is 0 Å². The molecule has 0 saturated heterocycles. The van der Waals surface area contributed by atoms with Gasteiger partial charge in [0, 0.05) is 29.2 Å². The zero-order valence-corrected chi connectivity index (χ0v) is 21.7. The maximum Gasteiger partial charge on any atom is 0.266 e. The lowest BCUT2D eigenvalue weighted by Gasteiger charge is -2.25. The molecule has 1 unspecified atom stereocenters. The number of benzodiazepines with no additional fused rings is 1. The van der Waals surface area contributed by atoms with Crippen LogP contribution in [0.5, 0.6) is 0 Å². The number of aliphatic imine (C=N–C) groups is 2. The minimum absolute atomic E-state index is 0.296. The number of fused-ring (bicyclic) bond motifs is 1. The van der Waals surface area contributed by atoms with Gasteiger partial charge in [-0.15, -0.1) is 11.3 Å². The van der Waals surface area contributed by atoms with E-state index in [1.807, 2.05) is 42.5 Å². The van der Waals surface area contributed by atoms with E-state index in [4.69, 9.17) is 11.5 Å². The maximum absolute atomic E-state index is 13.3. The first kappa shape index (κ1) is 26.8. The van der Waals surface area contributed by atoms with Gasteiger partial charge < -0.3 is 16.8 Å². The van der Waals surface area contributed by atoms with Crippen molar-refractivity contribution >= 4 is 46.2 Å². The van der Waals surface area contributed by atoms with Gasteiger partial charge in [0.15, 0.2) is 11.2 Å². The minimum atomic E-state index is -1.20. The summed E-state index contributed by atoms with van der Waals surface area (Å²) < 4.78 is 0. The molecule has 2 amide bonds. The van der Waals surface area contributed by atoms with E-state index in [1.54, 1.807) is 24.4 Å². The van der Waals surface area contributed by atoms with E-state index in [1.165, 1.54) is 22.4 Å². The Morgan fingerprint density at radius 3 is 2.61 bits per heavy atom. The second-order valence-electron chi connectivity index (χ2n) is 8.72. The molecule has 10 nitrogen and oxygen atoms in total. The van der Waals surface area contributed by atoms with Crippen LogP contribution < -0.4 is 21.7 Å². The molecule has 1 aromatic heterocycles. The lowest BCUT2D eigenvalue weighted by molar-refractivity contribution is -0.124. The summed E-state index contributed by atoms with van der Waals surface area (Å²) in [7, 11) is 0. The van der Waals surface area contributed by atoms with Crippen LogP contribution >= 0.6 is 11.3 Å². The third kappa shape index (κ3) is 6.36. The van der Waals surface area contributed by atoms with Crippen LogP contribution in [0.15, 0.2) is 76.2 Å². The van der Waals surface area contributed by atoms with Crippen LogP contribution in [0.3, 0.4) is 0 Å². The highest BCUT2D eigenvalue weighted by Gasteiger charge is 2.32. The number of nitrogens with one attached hydrogen (secondary N) is 1. The smallest absolute Gasteiger partial charge is 0.266 e. The predicted molar refractivity (Wildman–Crippen MR) is 149 cm³/mol. The zero-order valence-electron chi connectivity index (χ0n) is 20.9. The van der Waals surface area contributed by atoms with Crippen LogP contribution in [0.1, 0.15) is 40.7 Å². The second-order valence-corrected chi connectivity index (χ2v) is 9.61. The number of hydrogen-bond donors (Lipinski definition) is 3. The van der Waals surface area contributed by atoms with Gasteiger partial charge in [0.25, 0.3) is 5.91 Å². The molecule has 1 aliphatic rings. The third-order valence-corrected chi connectivity index (χ3v) is 6.68. The Morgan fingerprint density at radius 1 is 1.16 bits per heavy atom. The molecular formula is C27H29N7O3S. The molecule has 11 heteroatoms. The number of thiazole rings is 1. The number of Topliss-reactive ketones (excluding diaryl/α,β-unsaturated/α-hetero) is 1. The van der Waals surface area contributed by atoms with Gasteiger partial charge in [0.1, 0.15) is 6.54 Å². The maximum atomic E-state index is 13.3. The number of carbonyl (C=O) groups is 3. The summed E-state index contributed by atoms with van der Waals surface area (Å²) in [5.41, 5.74) is 14.3. The Bertz CT molecular complexity index is 1350. The summed E-state index contributed by atoms with van der Waals surface area (Å²) in [5, 5.41) is 4.80. The first-order chi connectivity index (χ1) is 18.3. The summed E-state index contributed by atoms with van der Waals surface area (Å²) in [6, 6.07) is 15.8. The average Bonchev–Trinajstić information content (AvgIpc) is 3.44. The lowest BCUT2D eigenvalue weighted by Crippen LogP contribution is -2.50. The van der Waals surface area contributed by atoms with Crippen molar-refractivity contribution in [2.24, 2.45) is 21.5 Å². The fraction of sp³-hybridized carbons (Fsp3) is 0.259. The molecule has 4 rings (SSSR count). The number of nitrogens with two attached hydrogens (primary N) is 2. The van der Waals surface area contributed by atoms with Crippen molar-refractivity contribution in [3.05, 3.63) is 82.3 Å². The Kier molecular flexibility index (Phi) is 8.72. The number of ketones is 1. The van der Waals surface area contributed by atoms with Gasteiger partial charge in [0.05, 0.1) is 23.3 Å². The molecule has 0 radical (unpaired) electrons. The van der Waals surface area contributed by atoms with Crippen LogP contribution in [-0.4, -0.2) is 59.4 Å². The summed E-state index contributed by atoms with van der Waals surface area (Å²) >= 11 is 1.20. The number of para-hydroxylation sites is 1. The topological polar surface area (TPSA) is 156 Å². The highest BCUT2D eigenvalue weighted by Crippen LogP contribution is 2.27. The SMILES string of the molecule is CC(N)=NCCC[C@H](NC(=O)CN1C(=O)C(N)N=C(c2ccccc2)c2ccccc21)C(=O)c1nccs1. The molecule has 0 bridgehead atoms. The van der Waals surface area contributed by atoms with Crippen LogP contribution in [0.2, 0.25) is 0 Å². The van der Waals surface area contributed by atoms with Gasteiger partial charge in [-0.1, -0.05) is 48.5 Å². The van der Waals surface area contributed by atoms with E-state index in [-0.39, 0.29) is 12.3 Å². The molecular weight excluding hydrogens is 502 g/mol. The molecule has 1 aliphatic heterocycles. The number of benzene rings is 2. The van der Waals surface area contributed by atoms with Crippen LogP contribution in [0.4, 0.5) is 5.69 Å². The first-order valence-corrected chi connectivity index (χ1v) is 13.0.